The molecule has 0 bridgehead atoms. The van der Waals surface area contributed by atoms with Gasteiger partial charge < -0.3 is 9.64 Å². The molecule has 2 aliphatic rings. The minimum atomic E-state index is -4.50. The van der Waals surface area contributed by atoms with E-state index in [1.165, 1.54) is 17.2 Å². The summed E-state index contributed by atoms with van der Waals surface area (Å²) in [6.45, 7) is 1.84. The normalized spacial score (nSPS) is 19.3. The number of aromatic nitrogens is 1. The zero-order chi connectivity index (χ0) is 18.3. The highest BCUT2D eigenvalue weighted by Gasteiger charge is 2.33. The third-order valence-corrected chi connectivity index (χ3v) is 4.96. The van der Waals surface area contributed by atoms with E-state index in [2.05, 4.69) is 11.1 Å². The highest BCUT2D eigenvalue weighted by atomic mass is 19.4. The summed E-state index contributed by atoms with van der Waals surface area (Å²) in [6, 6.07) is 8.19. The Morgan fingerprint density at radius 1 is 1.23 bits per heavy atom. The monoisotopic (exact) mass is 362 g/mol. The van der Waals surface area contributed by atoms with E-state index in [1.807, 2.05) is 12.1 Å². The number of carbonyl (C=O) groups is 1. The highest BCUT2D eigenvalue weighted by Crippen LogP contribution is 2.33. The van der Waals surface area contributed by atoms with Crippen molar-refractivity contribution in [3.05, 3.63) is 58.9 Å². The van der Waals surface area contributed by atoms with Gasteiger partial charge in [-0.25, -0.2) is 0 Å². The number of rotatable bonds is 2. The number of nitrogens with zero attached hydrogens (tertiary/aromatic N) is 2. The molecule has 0 aliphatic carbocycles. The van der Waals surface area contributed by atoms with Crippen LogP contribution in [0.4, 0.5) is 13.2 Å². The summed E-state index contributed by atoms with van der Waals surface area (Å²) in [6.07, 6.45) is -1.77. The molecule has 4 rings (SSSR count). The smallest absolute Gasteiger partial charge is 0.433 e. The molecule has 1 fully saturated rings. The molecule has 0 spiro atoms. The summed E-state index contributed by atoms with van der Waals surface area (Å²) in [5, 5.41) is 0. The summed E-state index contributed by atoms with van der Waals surface area (Å²) in [5.74, 6) is 0.876. The van der Waals surface area contributed by atoms with Crippen molar-refractivity contribution in [2.45, 2.75) is 24.9 Å². The molecule has 0 saturated carbocycles. The van der Waals surface area contributed by atoms with Crippen molar-refractivity contribution in [2.24, 2.45) is 0 Å². The van der Waals surface area contributed by atoms with Crippen molar-refractivity contribution in [1.82, 2.24) is 9.88 Å². The number of ether oxygens (including phenoxy) is 1. The summed E-state index contributed by atoms with van der Waals surface area (Å²) in [7, 11) is 0. The van der Waals surface area contributed by atoms with Crippen LogP contribution in [0.5, 0.6) is 5.75 Å². The number of amides is 1. The van der Waals surface area contributed by atoms with Crippen molar-refractivity contribution in [3.8, 4) is 5.75 Å². The Hall–Kier alpha value is -2.57. The standard InChI is InChI=1S/C19H17F3N2O2/c20-19(21,22)17-4-2-14(10-23-17)18(25)24-7-5-15(11-24)12-1-3-16-13(9-12)6-8-26-16/h1-4,9-10,15H,5-8,11H2. The second-order valence-electron chi connectivity index (χ2n) is 6.63. The molecule has 1 aromatic heterocycles. The topological polar surface area (TPSA) is 42.4 Å². The molecule has 1 amide bonds. The molecular weight excluding hydrogens is 345 g/mol. The van der Waals surface area contributed by atoms with Gasteiger partial charge in [-0.3, -0.25) is 9.78 Å². The van der Waals surface area contributed by atoms with Crippen LogP contribution in [0.3, 0.4) is 0 Å². The van der Waals surface area contributed by atoms with E-state index in [4.69, 9.17) is 4.74 Å². The third-order valence-electron chi connectivity index (χ3n) is 4.96. The number of halogens is 3. The molecule has 4 nitrogen and oxygen atoms in total. The first-order valence-electron chi connectivity index (χ1n) is 8.50. The molecule has 1 aromatic carbocycles. The van der Waals surface area contributed by atoms with Gasteiger partial charge in [0.1, 0.15) is 11.4 Å². The first-order valence-corrected chi connectivity index (χ1v) is 8.50. The van der Waals surface area contributed by atoms with E-state index in [0.29, 0.717) is 19.7 Å². The van der Waals surface area contributed by atoms with Gasteiger partial charge in [0.05, 0.1) is 12.2 Å². The van der Waals surface area contributed by atoms with Crippen LogP contribution >= 0.6 is 0 Å². The number of carbonyl (C=O) groups excluding carboxylic acids is 1. The first kappa shape index (κ1) is 16.9. The van der Waals surface area contributed by atoms with Gasteiger partial charge in [-0.1, -0.05) is 12.1 Å². The predicted molar refractivity (Wildman–Crippen MR) is 88.1 cm³/mol. The van der Waals surface area contributed by atoms with Gasteiger partial charge in [-0.2, -0.15) is 13.2 Å². The van der Waals surface area contributed by atoms with Gasteiger partial charge in [-0.05, 0) is 35.7 Å². The van der Waals surface area contributed by atoms with E-state index in [0.717, 1.165) is 30.9 Å². The molecule has 1 unspecified atom stereocenters. The second kappa shape index (κ2) is 6.30. The Morgan fingerprint density at radius 3 is 2.81 bits per heavy atom. The molecule has 2 aliphatic heterocycles. The van der Waals surface area contributed by atoms with Crippen LogP contribution in [0.1, 0.15) is 39.5 Å². The van der Waals surface area contributed by atoms with Gasteiger partial charge in [0.25, 0.3) is 5.91 Å². The fourth-order valence-corrected chi connectivity index (χ4v) is 3.55. The van der Waals surface area contributed by atoms with Gasteiger partial charge in [0.2, 0.25) is 0 Å². The Balaban J connectivity index is 1.45. The van der Waals surface area contributed by atoms with Crippen LogP contribution in [0.25, 0.3) is 0 Å². The summed E-state index contributed by atoms with van der Waals surface area (Å²) in [4.78, 5) is 17.6. The Bertz CT molecular complexity index is 834. The molecular formula is C19H17F3N2O2. The summed E-state index contributed by atoms with van der Waals surface area (Å²) in [5.41, 5.74) is 1.56. The largest absolute Gasteiger partial charge is 0.493 e. The van der Waals surface area contributed by atoms with Crippen LogP contribution in [0, 0.1) is 0 Å². The summed E-state index contributed by atoms with van der Waals surface area (Å²) >= 11 is 0. The third kappa shape index (κ3) is 3.13. The van der Waals surface area contributed by atoms with Crippen molar-refractivity contribution >= 4 is 5.91 Å². The quantitative estimate of drug-likeness (QED) is 0.819. The van der Waals surface area contributed by atoms with Crippen LogP contribution in [0.2, 0.25) is 0 Å². The van der Waals surface area contributed by atoms with Gasteiger partial charge in [0, 0.05) is 31.6 Å². The highest BCUT2D eigenvalue weighted by molar-refractivity contribution is 5.94. The van der Waals surface area contributed by atoms with Crippen LogP contribution in [0.15, 0.2) is 36.5 Å². The van der Waals surface area contributed by atoms with E-state index >= 15 is 0 Å². The van der Waals surface area contributed by atoms with E-state index < -0.39 is 11.9 Å². The van der Waals surface area contributed by atoms with E-state index in [9.17, 15) is 18.0 Å². The Morgan fingerprint density at radius 2 is 2.08 bits per heavy atom. The molecule has 1 atom stereocenters. The lowest BCUT2D eigenvalue weighted by atomic mass is 9.96. The summed E-state index contributed by atoms with van der Waals surface area (Å²) < 4.78 is 43.3. The lowest BCUT2D eigenvalue weighted by Crippen LogP contribution is -2.28. The number of alkyl halides is 3. The number of fused-ring (bicyclic) bond motifs is 1. The molecule has 2 aromatic rings. The average Bonchev–Trinajstić information content (AvgIpc) is 3.29. The zero-order valence-corrected chi connectivity index (χ0v) is 13.9. The lowest BCUT2D eigenvalue weighted by Gasteiger charge is -2.17. The molecule has 3 heterocycles. The van der Waals surface area contributed by atoms with Crippen molar-refractivity contribution in [1.29, 1.82) is 0 Å². The number of benzene rings is 1. The predicted octanol–water partition coefficient (Wildman–Crippen LogP) is 3.67. The van der Waals surface area contributed by atoms with Crippen LogP contribution in [-0.2, 0) is 12.6 Å². The molecule has 136 valence electrons. The van der Waals surface area contributed by atoms with E-state index in [1.54, 1.807) is 4.90 Å². The van der Waals surface area contributed by atoms with Crippen LogP contribution in [-0.4, -0.2) is 35.5 Å². The zero-order valence-electron chi connectivity index (χ0n) is 13.9. The van der Waals surface area contributed by atoms with Gasteiger partial charge in [0.15, 0.2) is 0 Å². The minimum absolute atomic E-state index is 0.181. The average molecular weight is 362 g/mol. The maximum atomic E-state index is 12.6. The molecule has 0 N–H and O–H groups in total. The van der Waals surface area contributed by atoms with Crippen molar-refractivity contribution < 1.29 is 22.7 Å². The first-order chi connectivity index (χ1) is 12.4. The number of likely N-dealkylation sites (tertiary alicyclic amines) is 1. The Labute approximate surface area is 148 Å². The Kier molecular flexibility index (Phi) is 4.09. The second-order valence-corrected chi connectivity index (χ2v) is 6.63. The molecule has 1 saturated heterocycles. The number of hydrogen-bond acceptors (Lipinski definition) is 3. The maximum absolute atomic E-state index is 12.6. The molecule has 0 radical (unpaired) electrons. The van der Waals surface area contributed by atoms with Gasteiger partial charge in [-0.15, -0.1) is 0 Å². The van der Waals surface area contributed by atoms with E-state index in [-0.39, 0.29) is 17.4 Å². The van der Waals surface area contributed by atoms with Crippen molar-refractivity contribution in [2.75, 3.05) is 19.7 Å². The van der Waals surface area contributed by atoms with Crippen molar-refractivity contribution in [3.63, 3.8) is 0 Å². The van der Waals surface area contributed by atoms with Crippen LogP contribution < -0.4 is 4.74 Å². The fraction of sp³-hybridized carbons (Fsp3) is 0.368. The number of hydrogen-bond donors (Lipinski definition) is 0. The molecule has 7 heteroatoms. The SMILES string of the molecule is O=C(c1ccc(C(F)(F)F)nc1)N1CCC(c2ccc3c(c2)CCO3)C1. The minimum Gasteiger partial charge on any atom is -0.493 e. The lowest BCUT2D eigenvalue weighted by molar-refractivity contribution is -0.141. The van der Waals surface area contributed by atoms with Gasteiger partial charge >= 0.3 is 6.18 Å². The number of pyridine rings is 1. The maximum Gasteiger partial charge on any atom is 0.433 e. The molecule has 26 heavy (non-hydrogen) atoms. The fourth-order valence-electron chi connectivity index (χ4n) is 3.55.